The summed E-state index contributed by atoms with van der Waals surface area (Å²) in [6.07, 6.45) is 4.31. The summed E-state index contributed by atoms with van der Waals surface area (Å²) in [5.41, 5.74) is 4.56. The fourth-order valence-corrected chi connectivity index (χ4v) is 1.43. The highest BCUT2D eigenvalue weighted by Crippen LogP contribution is 1.97. The lowest BCUT2D eigenvalue weighted by atomic mass is 10.3. The molecule has 2 rings (SSSR count). The third kappa shape index (κ3) is 7.24. The molecule has 7 heteroatoms. The molecule has 0 saturated carbocycles. The van der Waals surface area contributed by atoms with Crippen molar-refractivity contribution in [2.24, 2.45) is 0 Å². The van der Waals surface area contributed by atoms with E-state index in [4.69, 9.17) is 14.9 Å². The molecule has 0 unspecified atom stereocenters. The van der Waals surface area contributed by atoms with Gasteiger partial charge in [0.2, 0.25) is 6.20 Å². The van der Waals surface area contributed by atoms with E-state index in [1.165, 1.54) is 5.56 Å². The fraction of sp³-hybridized carbons (Fsp3) is 0.417. The third-order valence-corrected chi connectivity index (χ3v) is 2.39. The second-order valence-electron chi connectivity index (χ2n) is 3.76. The molecular formula is C12H18N4O3. The van der Waals surface area contributed by atoms with E-state index in [-0.39, 0.29) is 0 Å². The van der Waals surface area contributed by atoms with Gasteiger partial charge >= 0.3 is 0 Å². The monoisotopic (exact) mass is 266 g/mol. The lowest BCUT2D eigenvalue weighted by molar-refractivity contribution is -0.401. The van der Waals surface area contributed by atoms with Crippen LogP contribution < -0.4 is 5.43 Å². The molecule has 0 amide bonds. The molecule has 19 heavy (non-hydrogen) atoms. The summed E-state index contributed by atoms with van der Waals surface area (Å²) in [7, 11) is 0. The first-order valence-corrected chi connectivity index (χ1v) is 5.93. The van der Waals surface area contributed by atoms with Crippen LogP contribution in [0.25, 0.3) is 0 Å². The number of hydrogen-bond acceptors (Lipinski definition) is 6. The molecule has 7 nitrogen and oxygen atoms in total. The van der Waals surface area contributed by atoms with Crippen molar-refractivity contribution >= 4 is 0 Å². The lowest BCUT2D eigenvalue weighted by Crippen LogP contribution is -2.45. The molecule has 1 aromatic rings. The molecule has 2 heterocycles. The van der Waals surface area contributed by atoms with E-state index >= 15 is 0 Å². The van der Waals surface area contributed by atoms with Gasteiger partial charge in [0.1, 0.15) is 0 Å². The Morgan fingerprint density at radius 2 is 2.26 bits per heavy atom. The Kier molecular flexibility index (Phi) is 7.33. The van der Waals surface area contributed by atoms with Crippen LogP contribution in [0.15, 0.2) is 37.3 Å². The van der Waals surface area contributed by atoms with Crippen LogP contribution in [0.5, 0.6) is 0 Å². The van der Waals surface area contributed by atoms with Gasteiger partial charge in [-0.15, -0.1) is 0 Å². The van der Waals surface area contributed by atoms with Crippen LogP contribution in [-0.2, 0) is 11.3 Å². The van der Waals surface area contributed by atoms with Gasteiger partial charge in [-0.3, -0.25) is 20.5 Å². The SMILES string of the molecule is C=C[N+](=O)[O-].c1cncc(CNN2CCOCC2)c1. The maximum atomic E-state index is 9.06. The molecule has 1 aliphatic heterocycles. The zero-order valence-corrected chi connectivity index (χ0v) is 10.7. The Bertz CT molecular complexity index is 380. The summed E-state index contributed by atoms with van der Waals surface area (Å²) >= 11 is 0. The van der Waals surface area contributed by atoms with Gasteiger partial charge in [-0.1, -0.05) is 6.07 Å². The Balaban J connectivity index is 0.000000312. The van der Waals surface area contributed by atoms with E-state index in [0.717, 1.165) is 32.8 Å². The van der Waals surface area contributed by atoms with E-state index in [1.807, 2.05) is 12.3 Å². The van der Waals surface area contributed by atoms with Crippen LogP contribution >= 0.6 is 0 Å². The van der Waals surface area contributed by atoms with Gasteiger partial charge in [0.15, 0.2) is 0 Å². The first-order valence-electron chi connectivity index (χ1n) is 5.93. The summed E-state index contributed by atoms with van der Waals surface area (Å²) < 4.78 is 5.26. The zero-order valence-electron chi connectivity index (χ0n) is 10.7. The smallest absolute Gasteiger partial charge is 0.227 e. The van der Waals surface area contributed by atoms with Crippen LogP contribution in [0.3, 0.4) is 0 Å². The van der Waals surface area contributed by atoms with Crippen molar-refractivity contribution in [2.45, 2.75) is 6.54 Å². The number of hydrogen-bond donors (Lipinski definition) is 1. The Hall–Kier alpha value is -1.83. The van der Waals surface area contributed by atoms with E-state index in [1.54, 1.807) is 6.20 Å². The second-order valence-corrected chi connectivity index (χ2v) is 3.76. The molecule has 0 radical (unpaired) electrons. The molecule has 0 aromatic carbocycles. The molecule has 1 aliphatic rings. The largest absolute Gasteiger partial charge is 0.379 e. The number of hydrazine groups is 1. The summed E-state index contributed by atoms with van der Waals surface area (Å²) in [6.45, 7) is 7.26. The van der Waals surface area contributed by atoms with E-state index in [9.17, 15) is 0 Å². The number of pyridine rings is 1. The molecular weight excluding hydrogens is 248 g/mol. The summed E-state index contributed by atoms with van der Waals surface area (Å²) in [6, 6.07) is 4.02. The molecule has 1 aromatic heterocycles. The van der Waals surface area contributed by atoms with E-state index in [2.05, 4.69) is 28.1 Å². The van der Waals surface area contributed by atoms with Crippen LogP contribution in [0.1, 0.15) is 5.56 Å². The Labute approximate surface area is 112 Å². The number of nitro groups is 1. The third-order valence-electron chi connectivity index (χ3n) is 2.39. The zero-order chi connectivity index (χ0) is 13.9. The van der Waals surface area contributed by atoms with Crippen LogP contribution in [0.4, 0.5) is 0 Å². The van der Waals surface area contributed by atoms with Crippen molar-refractivity contribution in [1.29, 1.82) is 0 Å². The number of nitrogens with one attached hydrogen (secondary N) is 1. The standard InChI is InChI=1S/C10H15N3O.C2H3NO2/c1-2-10(8-11-3-1)9-12-13-4-6-14-7-5-13;1-2-3(4)5/h1-3,8,12H,4-7,9H2;2H,1H2. The molecule has 1 fully saturated rings. The maximum absolute atomic E-state index is 9.06. The number of aromatic nitrogens is 1. The summed E-state index contributed by atoms with van der Waals surface area (Å²) in [5.74, 6) is 0. The maximum Gasteiger partial charge on any atom is 0.227 e. The van der Waals surface area contributed by atoms with Crippen LogP contribution in [0.2, 0.25) is 0 Å². The van der Waals surface area contributed by atoms with E-state index in [0.29, 0.717) is 6.20 Å². The topological polar surface area (TPSA) is 80.5 Å². The average Bonchev–Trinajstić information content (AvgIpc) is 2.48. The van der Waals surface area contributed by atoms with E-state index < -0.39 is 4.92 Å². The summed E-state index contributed by atoms with van der Waals surface area (Å²) in [5, 5.41) is 11.2. The number of ether oxygens (including phenoxy) is 1. The van der Waals surface area contributed by atoms with Gasteiger partial charge in [0.05, 0.1) is 18.1 Å². The van der Waals surface area contributed by atoms with Crippen molar-refractivity contribution < 1.29 is 9.66 Å². The van der Waals surface area contributed by atoms with Crippen molar-refractivity contribution in [3.8, 4) is 0 Å². The first kappa shape index (κ1) is 15.2. The van der Waals surface area contributed by atoms with Gasteiger partial charge in [-0.05, 0) is 18.2 Å². The van der Waals surface area contributed by atoms with Crippen molar-refractivity contribution in [1.82, 2.24) is 15.4 Å². The molecule has 0 spiro atoms. The predicted octanol–water partition coefficient (Wildman–Crippen LogP) is 0.825. The van der Waals surface area contributed by atoms with Gasteiger partial charge < -0.3 is 4.74 Å². The molecule has 0 atom stereocenters. The van der Waals surface area contributed by atoms with Gasteiger partial charge in [-0.25, -0.2) is 5.01 Å². The number of morpholine rings is 1. The average molecular weight is 266 g/mol. The first-order chi connectivity index (χ1) is 9.22. The molecule has 104 valence electrons. The van der Waals surface area contributed by atoms with Crippen molar-refractivity contribution in [3.05, 3.63) is 53.0 Å². The highest BCUT2D eigenvalue weighted by molar-refractivity contribution is 5.07. The molecule has 0 aliphatic carbocycles. The molecule has 1 N–H and O–H groups in total. The van der Waals surface area contributed by atoms with Gasteiger partial charge in [-0.2, -0.15) is 0 Å². The highest BCUT2D eigenvalue weighted by atomic mass is 16.6. The second kappa shape index (κ2) is 9.15. The lowest BCUT2D eigenvalue weighted by Gasteiger charge is -2.27. The molecule has 0 bridgehead atoms. The van der Waals surface area contributed by atoms with Crippen LogP contribution in [-0.4, -0.2) is 41.2 Å². The minimum atomic E-state index is -0.611. The minimum absolute atomic E-state index is 0.611. The Morgan fingerprint density at radius 3 is 2.79 bits per heavy atom. The van der Waals surface area contributed by atoms with Crippen LogP contribution in [0, 0.1) is 10.1 Å². The Morgan fingerprint density at radius 1 is 1.58 bits per heavy atom. The molecule has 1 saturated heterocycles. The van der Waals surface area contributed by atoms with Crippen molar-refractivity contribution in [2.75, 3.05) is 26.3 Å². The summed E-state index contributed by atoms with van der Waals surface area (Å²) in [4.78, 5) is 12.5. The predicted molar refractivity (Wildman–Crippen MR) is 70.7 cm³/mol. The van der Waals surface area contributed by atoms with Gasteiger partial charge in [0.25, 0.3) is 0 Å². The minimum Gasteiger partial charge on any atom is -0.379 e. The number of rotatable bonds is 4. The van der Waals surface area contributed by atoms with Gasteiger partial charge in [0, 0.05) is 32.0 Å². The fourth-order valence-electron chi connectivity index (χ4n) is 1.43. The highest BCUT2D eigenvalue weighted by Gasteiger charge is 2.08. The van der Waals surface area contributed by atoms with Crippen molar-refractivity contribution in [3.63, 3.8) is 0 Å². The quantitative estimate of drug-likeness (QED) is 0.642. The number of nitrogens with zero attached hydrogens (tertiary/aromatic N) is 3. The normalized spacial score (nSPS) is 15.2.